The number of hydrogen-bond donors (Lipinski definition) is 1. The Balaban J connectivity index is 1.34. The van der Waals surface area contributed by atoms with E-state index in [0.717, 1.165) is 66.2 Å². The van der Waals surface area contributed by atoms with Gasteiger partial charge in [-0.15, -0.1) is 0 Å². The molecule has 0 amide bonds. The van der Waals surface area contributed by atoms with Gasteiger partial charge in [0.05, 0.1) is 56.3 Å². The molecule has 4 aliphatic rings. The van der Waals surface area contributed by atoms with E-state index in [9.17, 15) is 4.79 Å². The van der Waals surface area contributed by atoms with Crippen LogP contribution in [0.15, 0.2) is 48.0 Å². The fourth-order valence-corrected chi connectivity index (χ4v) is 7.32. The van der Waals surface area contributed by atoms with Crippen LogP contribution >= 0.6 is 0 Å². The largest absolute Gasteiger partial charge is 0.497 e. The third-order valence-electron chi connectivity index (χ3n) is 10.3. The second-order valence-corrected chi connectivity index (χ2v) is 14.1. The Hall–Kier alpha value is -3.12. The number of anilines is 2. The molecule has 0 saturated heterocycles. The van der Waals surface area contributed by atoms with Crippen molar-refractivity contribution in [1.29, 1.82) is 0 Å². The summed E-state index contributed by atoms with van der Waals surface area (Å²) in [4.78, 5) is 21.0. The average Bonchev–Trinajstić information content (AvgIpc) is 3.54. The van der Waals surface area contributed by atoms with Gasteiger partial charge in [0.2, 0.25) is 0 Å². The van der Waals surface area contributed by atoms with Crippen molar-refractivity contribution in [2.45, 2.75) is 84.6 Å². The molecule has 1 aromatic carbocycles. The van der Waals surface area contributed by atoms with Gasteiger partial charge < -0.3 is 19.4 Å². The molecule has 3 unspecified atom stereocenters. The van der Waals surface area contributed by atoms with E-state index in [4.69, 9.17) is 9.72 Å². The molecule has 6 heteroatoms. The Kier molecular flexibility index (Phi) is 7.95. The topological polar surface area (TPSA) is 54.5 Å². The highest BCUT2D eigenvalue weighted by Crippen LogP contribution is 2.42. The van der Waals surface area contributed by atoms with Crippen molar-refractivity contribution in [2.24, 2.45) is 11.8 Å². The van der Waals surface area contributed by atoms with Gasteiger partial charge in [-0.3, -0.25) is 9.78 Å². The van der Waals surface area contributed by atoms with Crippen molar-refractivity contribution in [3.8, 4) is 0 Å². The molecule has 0 radical (unpaired) electrons. The maximum atomic E-state index is 13.5. The Labute approximate surface area is 252 Å². The third-order valence-corrected chi connectivity index (χ3v) is 10.3. The zero-order valence-electron chi connectivity index (χ0n) is 26.5. The Morgan fingerprint density at radius 2 is 1.90 bits per heavy atom. The lowest BCUT2D eigenvalue weighted by molar-refractivity contribution is -0.906. The van der Waals surface area contributed by atoms with Crippen LogP contribution in [0.5, 0.6) is 0 Å². The van der Waals surface area contributed by atoms with E-state index in [0.29, 0.717) is 24.2 Å². The highest BCUT2D eigenvalue weighted by Gasteiger charge is 2.38. The molecule has 3 aliphatic heterocycles. The van der Waals surface area contributed by atoms with Crippen molar-refractivity contribution in [3.05, 3.63) is 70.5 Å². The first-order valence-electron chi connectivity index (χ1n) is 16.2. The molecule has 6 rings (SSSR count). The van der Waals surface area contributed by atoms with Gasteiger partial charge in [-0.2, -0.15) is 0 Å². The molecule has 2 aromatic rings. The van der Waals surface area contributed by atoms with Crippen LogP contribution in [0.3, 0.4) is 0 Å². The zero-order valence-corrected chi connectivity index (χ0v) is 26.5. The van der Waals surface area contributed by atoms with Crippen LogP contribution in [-0.4, -0.2) is 55.1 Å². The Morgan fingerprint density at radius 1 is 1.10 bits per heavy atom. The number of carbonyl (C=O) groups is 1. The molecule has 1 aromatic heterocycles. The van der Waals surface area contributed by atoms with E-state index < -0.39 is 0 Å². The number of carbonyl (C=O) groups excluding carboxylic acids is 1. The normalized spacial score (nSPS) is 27.2. The number of pyridine rings is 1. The number of aromatic nitrogens is 1. The SMILES string of the molecule is Cc1cc2cc(n1)C1=C(CC[N+](C)(C)C1C)OCC1CCC(C1)CN1/C(=C\CCCC2=O)Nc2ccc(C(C)C)cc21. The number of Topliss-reactive ketones (excluding diaryl/α,β-unsaturated/α-hetero) is 1. The van der Waals surface area contributed by atoms with E-state index in [2.05, 4.69) is 69.4 Å². The molecule has 1 N–H and O–H groups in total. The number of nitrogens with zero attached hydrogens (tertiary/aromatic N) is 3. The van der Waals surface area contributed by atoms with Crippen molar-refractivity contribution in [1.82, 2.24) is 4.98 Å². The molecule has 1 fully saturated rings. The predicted octanol–water partition coefficient (Wildman–Crippen LogP) is 7.67. The summed E-state index contributed by atoms with van der Waals surface area (Å²) >= 11 is 0. The second-order valence-electron chi connectivity index (χ2n) is 14.1. The number of ketones is 1. The number of nitrogens with one attached hydrogen (secondary N) is 1. The summed E-state index contributed by atoms with van der Waals surface area (Å²) in [6.45, 7) is 11.7. The van der Waals surface area contributed by atoms with Crippen molar-refractivity contribution < 1.29 is 14.0 Å². The molecule has 1 aliphatic carbocycles. The van der Waals surface area contributed by atoms with E-state index in [1.165, 1.54) is 47.6 Å². The van der Waals surface area contributed by atoms with Crippen molar-refractivity contribution >= 4 is 22.7 Å². The molecular weight excluding hydrogens is 520 g/mol. The molecular formula is C36H49N4O2+. The number of benzene rings is 1. The van der Waals surface area contributed by atoms with E-state index in [1.807, 2.05) is 19.1 Å². The fourth-order valence-electron chi connectivity index (χ4n) is 7.32. The molecule has 4 bridgehead atoms. The number of hydrogen-bond acceptors (Lipinski definition) is 5. The van der Waals surface area contributed by atoms with Crippen LogP contribution in [0.1, 0.15) is 98.9 Å². The van der Waals surface area contributed by atoms with Gasteiger partial charge >= 0.3 is 0 Å². The molecule has 224 valence electrons. The number of ether oxygens (including phenoxy) is 1. The summed E-state index contributed by atoms with van der Waals surface area (Å²) in [6.07, 6.45) is 9.09. The van der Waals surface area contributed by atoms with Gasteiger partial charge in [0, 0.05) is 24.2 Å². The quantitative estimate of drug-likeness (QED) is 0.357. The highest BCUT2D eigenvalue weighted by molar-refractivity contribution is 5.97. The van der Waals surface area contributed by atoms with Crippen LogP contribution in [-0.2, 0) is 4.74 Å². The smallest absolute Gasteiger partial charge is 0.163 e. The first-order valence-corrected chi connectivity index (χ1v) is 16.2. The number of allylic oxidation sites excluding steroid dienone is 1. The molecule has 1 saturated carbocycles. The lowest BCUT2D eigenvalue weighted by atomic mass is 9.92. The Morgan fingerprint density at radius 3 is 2.71 bits per heavy atom. The van der Waals surface area contributed by atoms with Crippen molar-refractivity contribution in [3.63, 3.8) is 0 Å². The highest BCUT2D eigenvalue weighted by atomic mass is 16.5. The monoisotopic (exact) mass is 569 g/mol. The average molecular weight is 570 g/mol. The van der Waals surface area contributed by atoms with Crippen LogP contribution in [0, 0.1) is 18.8 Å². The summed E-state index contributed by atoms with van der Waals surface area (Å²) in [7, 11) is 4.58. The molecule has 4 heterocycles. The molecule has 42 heavy (non-hydrogen) atoms. The minimum atomic E-state index is 0.195. The second kappa shape index (κ2) is 11.5. The van der Waals surface area contributed by atoms with Crippen LogP contribution in [0.4, 0.5) is 11.4 Å². The number of fused-ring (bicyclic) bond motifs is 8. The third kappa shape index (κ3) is 5.75. The minimum Gasteiger partial charge on any atom is -0.497 e. The first-order chi connectivity index (χ1) is 20.1. The summed E-state index contributed by atoms with van der Waals surface area (Å²) in [5, 5.41) is 3.71. The first kappa shape index (κ1) is 29.0. The Bertz CT molecular complexity index is 1420. The van der Waals surface area contributed by atoms with Gasteiger partial charge in [0.1, 0.15) is 17.6 Å². The van der Waals surface area contributed by atoms with Crippen LogP contribution in [0.2, 0.25) is 0 Å². The van der Waals surface area contributed by atoms with Gasteiger partial charge in [0.15, 0.2) is 5.78 Å². The van der Waals surface area contributed by atoms with E-state index in [1.54, 1.807) is 0 Å². The maximum Gasteiger partial charge on any atom is 0.163 e. The van der Waals surface area contributed by atoms with Crippen LogP contribution in [0.25, 0.3) is 5.57 Å². The van der Waals surface area contributed by atoms with Gasteiger partial charge in [-0.05, 0) is 99.6 Å². The summed E-state index contributed by atoms with van der Waals surface area (Å²) < 4.78 is 7.64. The zero-order chi connectivity index (χ0) is 29.6. The summed E-state index contributed by atoms with van der Waals surface area (Å²) in [5.41, 5.74) is 7.64. The molecule has 6 nitrogen and oxygen atoms in total. The van der Waals surface area contributed by atoms with Gasteiger partial charge in [-0.1, -0.05) is 19.9 Å². The van der Waals surface area contributed by atoms with Crippen LogP contribution < -0.4 is 10.2 Å². The van der Waals surface area contributed by atoms with E-state index >= 15 is 0 Å². The number of aryl methyl sites for hydroxylation is 1. The standard InChI is InChI=1S/C36H49N4O2/c1-23(2)28-13-14-30-32(20-28)39-21-26-11-12-27(18-26)22-42-34-15-16-40(5,6)25(4)36(34)31-19-29(17-24(3)37-31)33(41)9-7-8-10-35(39)38-30/h10,13-14,17,19-20,23,25-27,38H,7-9,11-12,15-16,18,21-22H2,1-6H3/q+1/b35-10-. The number of rotatable bonds is 1. The summed E-state index contributed by atoms with van der Waals surface area (Å²) in [6, 6.07) is 11.1. The molecule has 0 spiro atoms. The van der Waals surface area contributed by atoms with E-state index in [-0.39, 0.29) is 11.8 Å². The fraction of sp³-hybridized carbons (Fsp3) is 0.556. The maximum absolute atomic E-state index is 13.5. The van der Waals surface area contributed by atoms with Gasteiger partial charge in [0.25, 0.3) is 0 Å². The lowest BCUT2D eigenvalue weighted by Gasteiger charge is -2.41. The minimum absolute atomic E-state index is 0.195. The van der Waals surface area contributed by atoms with Gasteiger partial charge in [-0.25, -0.2) is 0 Å². The number of quaternary nitrogens is 1. The summed E-state index contributed by atoms with van der Waals surface area (Å²) in [5.74, 6) is 4.15. The molecule has 3 atom stereocenters. The van der Waals surface area contributed by atoms with Crippen molar-refractivity contribution in [2.75, 3.05) is 44.0 Å². The number of likely N-dealkylation sites (N-methyl/N-ethyl adjacent to an activating group) is 1. The predicted molar refractivity (Wildman–Crippen MR) is 171 cm³/mol. The lowest BCUT2D eigenvalue weighted by Crippen LogP contribution is -2.51.